The summed E-state index contributed by atoms with van der Waals surface area (Å²) >= 11 is 0. The van der Waals surface area contributed by atoms with Gasteiger partial charge in [0.15, 0.2) is 0 Å². The molecule has 0 unspecified atom stereocenters. The van der Waals surface area contributed by atoms with Gasteiger partial charge in [-0.05, 0) is 49.1 Å². The lowest BCUT2D eigenvalue weighted by atomic mass is 10.1. The number of hydrogen-bond acceptors (Lipinski definition) is 7. The Morgan fingerprint density at radius 1 is 0.900 bits per heavy atom. The van der Waals surface area contributed by atoms with Crippen molar-refractivity contribution in [1.29, 1.82) is 0 Å². The maximum atomic E-state index is 5.47. The summed E-state index contributed by atoms with van der Waals surface area (Å²) in [6.45, 7) is 7.87. The second-order valence-corrected chi connectivity index (χ2v) is 7.47. The Hall–Kier alpha value is -3.19. The third kappa shape index (κ3) is 5.24. The van der Waals surface area contributed by atoms with Crippen LogP contribution in [-0.4, -0.2) is 47.8 Å². The van der Waals surface area contributed by atoms with Crippen LogP contribution in [0.5, 0.6) is 0 Å². The van der Waals surface area contributed by atoms with Crippen molar-refractivity contribution in [2.24, 2.45) is 0 Å². The molecule has 0 bridgehead atoms. The zero-order chi connectivity index (χ0) is 20.8. The Labute approximate surface area is 177 Å². The zero-order valence-electron chi connectivity index (χ0n) is 17.6. The Balaban J connectivity index is 1.53. The predicted molar refractivity (Wildman–Crippen MR) is 121 cm³/mol. The Kier molecular flexibility index (Phi) is 6.39. The summed E-state index contributed by atoms with van der Waals surface area (Å²) in [6.07, 6.45) is 0.902. The molecule has 1 aliphatic rings. The molecule has 1 fully saturated rings. The molecule has 30 heavy (non-hydrogen) atoms. The molecule has 7 nitrogen and oxygen atoms in total. The highest BCUT2D eigenvalue weighted by atomic mass is 16.5. The minimum Gasteiger partial charge on any atom is -0.378 e. The number of benzene rings is 2. The number of ether oxygens (including phenoxy) is 1. The first-order valence-electron chi connectivity index (χ1n) is 10.4. The minimum atomic E-state index is 0.539. The van der Waals surface area contributed by atoms with E-state index in [1.807, 2.05) is 12.1 Å². The Morgan fingerprint density at radius 2 is 1.67 bits per heavy atom. The molecular weight excluding hydrogens is 376 g/mol. The quantitative estimate of drug-likeness (QED) is 0.621. The van der Waals surface area contributed by atoms with E-state index in [0.29, 0.717) is 31.1 Å². The van der Waals surface area contributed by atoms with Gasteiger partial charge in [0.05, 0.1) is 13.2 Å². The number of anilines is 4. The highest BCUT2D eigenvalue weighted by Crippen LogP contribution is 2.20. The van der Waals surface area contributed by atoms with E-state index in [2.05, 4.69) is 80.7 Å². The number of nitrogens with one attached hydrogen (secondary N) is 2. The predicted octanol–water partition coefficient (Wildman–Crippen LogP) is 3.72. The van der Waals surface area contributed by atoms with Crippen molar-refractivity contribution in [2.45, 2.75) is 20.3 Å². The van der Waals surface area contributed by atoms with Gasteiger partial charge in [-0.15, -0.1) is 0 Å². The smallest absolute Gasteiger partial charge is 0.233 e. The molecule has 2 heterocycles. The van der Waals surface area contributed by atoms with Crippen LogP contribution in [0.4, 0.5) is 23.5 Å². The fraction of sp³-hybridized carbons (Fsp3) is 0.348. The van der Waals surface area contributed by atoms with Gasteiger partial charge in [0, 0.05) is 25.3 Å². The summed E-state index contributed by atoms with van der Waals surface area (Å²) < 4.78 is 5.47. The molecule has 2 aromatic carbocycles. The largest absolute Gasteiger partial charge is 0.378 e. The summed E-state index contributed by atoms with van der Waals surface area (Å²) in [5.74, 6) is 1.78. The third-order valence-corrected chi connectivity index (χ3v) is 5.22. The van der Waals surface area contributed by atoms with E-state index in [1.54, 1.807) is 0 Å². The zero-order valence-corrected chi connectivity index (χ0v) is 17.6. The van der Waals surface area contributed by atoms with Gasteiger partial charge in [0.25, 0.3) is 0 Å². The van der Waals surface area contributed by atoms with Gasteiger partial charge in [-0.2, -0.15) is 15.0 Å². The molecule has 7 heteroatoms. The second kappa shape index (κ2) is 9.54. The lowest BCUT2D eigenvalue weighted by Crippen LogP contribution is -2.37. The first kappa shape index (κ1) is 20.1. The number of aryl methyl sites for hydroxylation is 2. The van der Waals surface area contributed by atoms with Gasteiger partial charge < -0.3 is 20.3 Å². The minimum absolute atomic E-state index is 0.539. The van der Waals surface area contributed by atoms with Gasteiger partial charge in [-0.3, -0.25) is 0 Å². The molecule has 4 rings (SSSR count). The lowest BCUT2D eigenvalue weighted by molar-refractivity contribution is 0.122. The number of hydrogen-bond donors (Lipinski definition) is 2. The average molecular weight is 405 g/mol. The van der Waals surface area contributed by atoms with Crippen LogP contribution in [-0.2, 0) is 11.2 Å². The monoisotopic (exact) mass is 404 g/mol. The van der Waals surface area contributed by atoms with E-state index in [1.165, 1.54) is 16.7 Å². The number of nitrogens with zero attached hydrogens (tertiary/aromatic N) is 4. The lowest BCUT2D eigenvalue weighted by Gasteiger charge is -2.27. The van der Waals surface area contributed by atoms with Crippen molar-refractivity contribution >= 4 is 23.5 Å². The van der Waals surface area contributed by atoms with Crippen molar-refractivity contribution in [3.05, 3.63) is 65.2 Å². The van der Waals surface area contributed by atoms with Crippen molar-refractivity contribution in [3.63, 3.8) is 0 Å². The van der Waals surface area contributed by atoms with Crippen molar-refractivity contribution < 1.29 is 4.74 Å². The van der Waals surface area contributed by atoms with Gasteiger partial charge in [-0.25, -0.2) is 0 Å². The molecule has 156 valence electrons. The van der Waals surface area contributed by atoms with Crippen molar-refractivity contribution in [3.8, 4) is 0 Å². The summed E-state index contributed by atoms with van der Waals surface area (Å²) in [5, 5.41) is 6.70. The molecular formula is C23H28N6O. The number of morpholine rings is 1. The molecule has 0 aliphatic carbocycles. The summed E-state index contributed by atoms with van der Waals surface area (Å²) in [5.41, 5.74) is 4.73. The van der Waals surface area contributed by atoms with E-state index in [0.717, 1.165) is 31.7 Å². The van der Waals surface area contributed by atoms with Crippen LogP contribution in [0, 0.1) is 13.8 Å². The van der Waals surface area contributed by atoms with E-state index in [-0.39, 0.29) is 0 Å². The standard InChI is InChI=1S/C23H28N6O/c1-17-8-9-20(16-18(17)2)25-22-26-21(24-11-10-19-6-4-3-5-7-19)27-23(28-22)29-12-14-30-15-13-29/h3-9,16H,10-15H2,1-2H3,(H2,24,25,26,27,28). The summed E-state index contributed by atoms with van der Waals surface area (Å²) in [7, 11) is 0. The van der Waals surface area contributed by atoms with Crippen LogP contribution in [0.2, 0.25) is 0 Å². The summed E-state index contributed by atoms with van der Waals surface area (Å²) in [6, 6.07) is 16.6. The number of aromatic nitrogens is 3. The fourth-order valence-corrected chi connectivity index (χ4v) is 3.32. The molecule has 0 saturated carbocycles. The molecule has 0 atom stereocenters. The molecule has 0 amide bonds. The van der Waals surface area contributed by atoms with E-state index in [4.69, 9.17) is 4.74 Å². The van der Waals surface area contributed by atoms with E-state index in [9.17, 15) is 0 Å². The topological polar surface area (TPSA) is 75.2 Å². The molecule has 1 aliphatic heterocycles. The van der Waals surface area contributed by atoms with Crippen LogP contribution in [0.15, 0.2) is 48.5 Å². The second-order valence-electron chi connectivity index (χ2n) is 7.47. The normalized spacial score (nSPS) is 13.9. The molecule has 0 radical (unpaired) electrons. The molecule has 3 aromatic rings. The number of rotatable bonds is 7. The van der Waals surface area contributed by atoms with Gasteiger partial charge in [0.2, 0.25) is 17.8 Å². The van der Waals surface area contributed by atoms with Gasteiger partial charge in [0.1, 0.15) is 0 Å². The first-order chi connectivity index (χ1) is 14.7. The van der Waals surface area contributed by atoms with Crippen LogP contribution >= 0.6 is 0 Å². The van der Waals surface area contributed by atoms with E-state index < -0.39 is 0 Å². The average Bonchev–Trinajstić information content (AvgIpc) is 2.78. The highest BCUT2D eigenvalue weighted by Gasteiger charge is 2.17. The Morgan fingerprint density at radius 3 is 2.43 bits per heavy atom. The maximum Gasteiger partial charge on any atom is 0.233 e. The molecule has 2 N–H and O–H groups in total. The first-order valence-corrected chi connectivity index (χ1v) is 10.4. The summed E-state index contributed by atoms with van der Waals surface area (Å²) in [4.78, 5) is 16.1. The Bertz CT molecular complexity index is 973. The SMILES string of the molecule is Cc1ccc(Nc2nc(NCCc3ccccc3)nc(N3CCOCC3)n2)cc1C. The molecule has 1 aromatic heterocycles. The van der Waals surface area contributed by atoms with Crippen LogP contribution in [0.3, 0.4) is 0 Å². The van der Waals surface area contributed by atoms with Crippen molar-refractivity contribution in [2.75, 3.05) is 48.4 Å². The molecule has 1 saturated heterocycles. The fourth-order valence-electron chi connectivity index (χ4n) is 3.32. The van der Waals surface area contributed by atoms with E-state index >= 15 is 0 Å². The molecule has 0 spiro atoms. The van der Waals surface area contributed by atoms with Gasteiger partial charge >= 0.3 is 0 Å². The van der Waals surface area contributed by atoms with Crippen molar-refractivity contribution in [1.82, 2.24) is 15.0 Å². The van der Waals surface area contributed by atoms with Gasteiger partial charge in [-0.1, -0.05) is 36.4 Å². The highest BCUT2D eigenvalue weighted by molar-refractivity contribution is 5.57. The van der Waals surface area contributed by atoms with Crippen LogP contribution in [0.25, 0.3) is 0 Å². The van der Waals surface area contributed by atoms with Crippen LogP contribution < -0.4 is 15.5 Å². The third-order valence-electron chi connectivity index (χ3n) is 5.22. The maximum absolute atomic E-state index is 5.47. The van der Waals surface area contributed by atoms with Crippen LogP contribution in [0.1, 0.15) is 16.7 Å².